The average molecular weight is 245 g/mol. The summed E-state index contributed by atoms with van der Waals surface area (Å²) in [5, 5.41) is 40.0. The summed E-state index contributed by atoms with van der Waals surface area (Å²) in [6.45, 7) is -0.627. The van der Waals surface area contributed by atoms with E-state index >= 15 is 0 Å². The first-order valence-electron chi connectivity index (χ1n) is 5.14. The van der Waals surface area contributed by atoms with Crippen molar-refractivity contribution in [3.8, 4) is 0 Å². The minimum Gasteiger partial charge on any atom is -0.394 e. The molecule has 17 heavy (non-hydrogen) atoms. The predicted octanol–water partition coefficient (Wildman–Crippen LogP) is -0.841. The normalized spacial score (nSPS) is 16.7. The Labute approximate surface area is 98.8 Å². The van der Waals surface area contributed by atoms with Gasteiger partial charge in [0.2, 0.25) is 0 Å². The number of aliphatic hydroxyl groups excluding tert-OH is 4. The highest BCUT2D eigenvalue weighted by atomic mass is 16.5. The standard InChI is InChI=1S/C11H16N2O4/c14-7-10(16)11(17)9(15)6-12-13-8-4-2-1-3-5-8/h1-6,9-11,13-17H,7H2/b12-6+/t9-,10-,11?/m1/s1/i6+1,7+1,9+1,10+1,11+1. The summed E-state index contributed by atoms with van der Waals surface area (Å²) in [6, 6.07) is 9.05. The van der Waals surface area contributed by atoms with Crippen LogP contribution in [0.25, 0.3) is 0 Å². The molecular formula is C11H16N2O4. The van der Waals surface area contributed by atoms with Crippen LogP contribution in [0.4, 0.5) is 5.69 Å². The number of rotatable bonds is 6. The van der Waals surface area contributed by atoms with E-state index in [1.165, 1.54) is 0 Å². The van der Waals surface area contributed by atoms with Crippen LogP contribution < -0.4 is 5.43 Å². The Morgan fingerprint density at radius 3 is 2.41 bits per heavy atom. The predicted molar refractivity (Wildman–Crippen MR) is 63.7 cm³/mol. The SMILES string of the molecule is O[13CH2][13C@@H](O)[13CH](O)[13C@H](O)/[13CH]=N/Nc1ccccc1. The maximum Gasteiger partial charge on any atom is 0.119 e. The van der Waals surface area contributed by atoms with E-state index in [0.717, 1.165) is 11.9 Å². The van der Waals surface area contributed by atoms with Gasteiger partial charge in [0.1, 0.15) is 18.3 Å². The van der Waals surface area contributed by atoms with Gasteiger partial charge in [-0.2, -0.15) is 5.10 Å². The van der Waals surface area contributed by atoms with E-state index in [1.807, 2.05) is 18.2 Å². The first-order valence-corrected chi connectivity index (χ1v) is 5.14. The summed E-state index contributed by atoms with van der Waals surface area (Å²) < 4.78 is 0. The number of aliphatic hydroxyl groups is 4. The number of nitrogens with zero attached hydrogens (tertiary/aromatic N) is 1. The molecule has 1 unspecified atom stereocenters. The van der Waals surface area contributed by atoms with Gasteiger partial charge in [-0.1, -0.05) is 18.2 Å². The molecular weight excluding hydrogens is 229 g/mol. The van der Waals surface area contributed by atoms with E-state index in [9.17, 15) is 10.2 Å². The van der Waals surface area contributed by atoms with Crippen molar-refractivity contribution in [3.05, 3.63) is 30.3 Å². The number of hydrogen-bond acceptors (Lipinski definition) is 6. The van der Waals surface area contributed by atoms with Crippen LogP contribution in [0.3, 0.4) is 0 Å². The zero-order chi connectivity index (χ0) is 12.7. The lowest BCUT2D eigenvalue weighted by Crippen LogP contribution is -2.40. The highest BCUT2D eigenvalue weighted by Gasteiger charge is 2.22. The molecule has 6 heteroatoms. The second-order valence-corrected chi connectivity index (χ2v) is 3.49. The van der Waals surface area contributed by atoms with Gasteiger partial charge in [-0.25, -0.2) is 0 Å². The largest absolute Gasteiger partial charge is 0.394 e. The topological polar surface area (TPSA) is 105 Å². The summed E-state index contributed by atoms with van der Waals surface area (Å²) in [7, 11) is 0. The van der Waals surface area contributed by atoms with Crippen molar-refractivity contribution in [2.75, 3.05) is 12.0 Å². The molecule has 0 aliphatic carbocycles. The molecule has 1 rings (SSSR count). The molecule has 1 aromatic carbocycles. The van der Waals surface area contributed by atoms with Crippen LogP contribution in [0.2, 0.25) is 0 Å². The van der Waals surface area contributed by atoms with Crippen molar-refractivity contribution in [2.45, 2.75) is 18.3 Å². The third-order valence-electron chi connectivity index (χ3n) is 2.13. The summed E-state index contributed by atoms with van der Waals surface area (Å²) in [5.41, 5.74) is 3.37. The molecule has 1 aromatic rings. The van der Waals surface area contributed by atoms with Gasteiger partial charge in [-0.15, -0.1) is 0 Å². The van der Waals surface area contributed by atoms with E-state index in [1.54, 1.807) is 12.1 Å². The third-order valence-corrected chi connectivity index (χ3v) is 2.13. The summed E-state index contributed by atoms with van der Waals surface area (Å²) >= 11 is 0. The molecule has 94 valence electrons. The highest BCUT2D eigenvalue weighted by Crippen LogP contribution is 2.04. The summed E-state index contributed by atoms with van der Waals surface area (Å²) in [5.74, 6) is 0. The quantitative estimate of drug-likeness (QED) is 0.255. The van der Waals surface area contributed by atoms with Crippen LogP contribution >= 0.6 is 0 Å². The molecule has 5 N–H and O–H groups in total. The number of hydrazone groups is 1. The van der Waals surface area contributed by atoms with Crippen molar-refractivity contribution >= 4 is 11.9 Å². The van der Waals surface area contributed by atoms with Crippen LogP contribution in [-0.4, -0.2) is 51.6 Å². The highest BCUT2D eigenvalue weighted by molar-refractivity contribution is 5.65. The Morgan fingerprint density at radius 2 is 1.82 bits per heavy atom. The van der Waals surface area contributed by atoms with Gasteiger partial charge >= 0.3 is 0 Å². The molecule has 0 bridgehead atoms. The molecule has 0 aromatic heterocycles. The van der Waals surface area contributed by atoms with Gasteiger partial charge in [-0.3, -0.25) is 5.43 Å². The monoisotopic (exact) mass is 245 g/mol. The number of benzene rings is 1. The lowest BCUT2D eigenvalue weighted by atomic mass is 10.3. The molecule has 0 saturated heterocycles. The molecule has 6 nitrogen and oxygen atoms in total. The fourth-order valence-electron chi connectivity index (χ4n) is 1.12. The zero-order valence-corrected chi connectivity index (χ0v) is 9.14. The van der Waals surface area contributed by atoms with E-state index in [-0.39, 0.29) is 0 Å². The Hall–Kier alpha value is -1.47. The molecule has 0 heterocycles. The summed E-state index contributed by atoms with van der Waals surface area (Å²) in [4.78, 5) is 0. The number of anilines is 1. The average Bonchev–Trinajstić information content (AvgIpc) is 2.38. The van der Waals surface area contributed by atoms with Crippen LogP contribution in [-0.2, 0) is 0 Å². The Bertz CT molecular complexity index is 345. The lowest BCUT2D eigenvalue weighted by molar-refractivity contribution is -0.0541. The van der Waals surface area contributed by atoms with Crippen molar-refractivity contribution in [3.63, 3.8) is 0 Å². The second kappa shape index (κ2) is 6.97. The van der Waals surface area contributed by atoms with Gasteiger partial charge in [0, 0.05) is 0 Å². The van der Waals surface area contributed by atoms with Crippen molar-refractivity contribution in [2.24, 2.45) is 5.10 Å². The van der Waals surface area contributed by atoms with Crippen molar-refractivity contribution in [1.82, 2.24) is 0 Å². The number of para-hydroxylation sites is 1. The van der Waals surface area contributed by atoms with Crippen molar-refractivity contribution in [1.29, 1.82) is 0 Å². The molecule has 0 spiro atoms. The van der Waals surface area contributed by atoms with Crippen LogP contribution in [0, 0.1) is 0 Å². The molecule has 0 saturated carbocycles. The Morgan fingerprint density at radius 1 is 1.18 bits per heavy atom. The molecule has 0 aliphatic heterocycles. The van der Waals surface area contributed by atoms with Crippen LogP contribution in [0.15, 0.2) is 35.4 Å². The van der Waals surface area contributed by atoms with Gasteiger partial charge in [-0.05, 0) is 12.1 Å². The zero-order valence-electron chi connectivity index (χ0n) is 9.14. The molecule has 0 aliphatic rings. The van der Waals surface area contributed by atoms with Gasteiger partial charge in [0.25, 0.3) is 0 Å². The van der Waals surface area contributed by atoms with Gasteiger partial charge < -0.3 is 20.4 Å². The van der Waals surface area contributed by atoms with Gasteiger partial charge in [0.15, 0.2) is 0 Å². The number of nitrogens with one attached hydrogen (secondary N) is 1. The maximum atomic E-state index is 9.39. The Balaban J connectivity index is 2.43. The van der Waals surface area contributed by atoms with Crippen molar-refractivity contribution < 1.29 is 20.4 Å². The number of hydrogen-bond donors (Lipinski definition) is 5. The first kappa shape index (κ1) is 13.6. The molecule has 3 atom stereocenters. The van der Waals surface area contributed by atoms with Gasteiger partial charge in [0.05, 0.1) is 18.5 Å². The minimum atomic E-state index is -1.47. The lowest BCUT2D eigenvalue weighted by Gasteiger charge is -2.18. The summed E-state index contributed by atoms with van der Waals surface area (Å²) in [6.07, 6.45) is -3.17. The molecule has 0 radical (unpaired) electrons. The van der Waals surface area contributed by atoms with E-state index in [0.29, 0.717) is 0 Å². The molecule has 0 fully saturated rings. The van der Waals surface area contributed by atoms with E-state index in [2.05, 4.69) is 10.5 Å². The van der Waals surface area contributed by atoms with E-state index in [4.69, 9.17) is 10.2 Å². The van der Waals surface area contributed by atoms with E-state index < -0.39 is 24.9 Å². The first-order chi connectivity index (χ1) is 8.15. The second-order valence-electron chi connectivity index (χ2n) is 3.49. The van der Waals surface area contributed by atoms with Crippen LogP contribution in [0.5, 0.6) is 0 Å². The maximum absolute atomic E-state index is 9.39. The van der Waals surface area contributed by atoms with Crippen LogP contribution in [0.1, 0.15) is 0 Å². The fraction of sp³-hybridized carbons (Fsp3) is 0.364. The Kier molecular flexibility index (Phi) is 5.58. The fourth-order valence-corrected chi connectivity index (χ4v) is 1.12. The third kappa shape index (κ3) is 4.49. The molecule has 0 amide bonds. The smallest absolute Gasteiger partial charge is 0.119 e. The minimum absolute atomic E-state index is 0.627.